The van der Waals surface area contributed by atoms with Crippen LogP contribution in [0.25, 0.3) is 17.5 Å². The summed E-state index contributed by atoms with van der Waals surface area (Å²) in [6.45, 7) is 0.184. The number of carboxylic acids is 1. The monoisotopic (exact) mass is 539 g/mol. The van der Waals surface area contributed by atoms with Gasteiger partial charge < -0.3 is 19.0 Å². The molecule has 0 atom stereocenters. The number of nitro groups is 1. The minimum absolute atomic E-state index is 0.00495. The number of hydrogen-bond acceptors (Lipinski definition) is 9. The fraction of sp³-hybridized carbons (Fsp3) is 0.0800. The van der Waals surface area contributed by atoms with E-state index < -0.39 is 10.9 Å². The summed E-state index contributed by atoms with van der Waals surface area (Å²) >= 11 is 6.86. The van der Waals surface area contributed by atoms with Gasteiger partial charge in [-0.15, -0.1) is 10.2 Å². The van der Waals surface area contributed by atoms with Crippen molar-refractivity contribution < 1.29 is 28.7 Å². The number of rotatable bonds is 10. The van der Waals surface area contributed by atoms with Gasteiger partial charge in [0.1, 0.15) is 23.0 Å². The van der Waals surface area contributed by atoms with Crippen LogP contribution in [-0.2, 0) is 11.4 Å². The number of aromatic nitrogens is 2. The van der Waals surface area contributed by atoms with E-state index in [0.717, 1.165) is 17.3 Å². The molecule has 0 aliphatic rings. The average Bonchev–Trinajstić information content (AvgIpc) is 3.36. The maximum Gasteiger partial charge on any atom is 0.342 e. The third-order valence-corrected chi connectivity index (χ3v) is 6.00. The van der Waals surface area contributed by atoms with Crippen molar-refractivity contribution in [3.8, 4) is 23.0 Å². The Hall–Kier alpha value is -4.35. The lowest BCUT2D eigenvalue weighted by molar-refractivity contribution is -0.384. The van der Waals surface area contributed by atoms with E-state index in [1.807, 2.05) is 0 Å². The van der Waals surface area contributed by atoms with E-state index in [0.29, 0.717) is 27.6 Å². The zero-order chi connectivity index (χ0) is 26.4. The van der Waals surface area contributed by atoms with Crippen LogP contribution in [0.5, 0.6) is 11.5 Å². The summed E-state index contributed by atoms with van der Waals surface area (Å²) in [5.41, 5.74) is 1.79. The first-order valence-electron chi connectivity index (χ1n) is 10.6. The fourth-order valence-electron chi connectivity index (χ4n) is 3.16. The number of nitro benzene ring substituents is 1. The Kier molecular flexibility index (Phi) is 8.06. The van der Waals surface area contributed by atoms with Crippen LogP contribution < -0.4 is 9.47 Å². The van der Waals surface area contributed by atoms with Gasteiger partial charge in [0.05, 0.1) is 17.6 Å². The first-order chi connectivity index (χ1) is 17.8. The molecule has 1 heterocycles. The molecule has 0 aliphatic heterocycles. The first kappa shape index (κ1) is 25.7. The van der Waals surface area contributed by atoms with Crippen molar-refractivity contribution in [1.82, 2.24) is 10.2 Å². The molecule has 0 aliphatic carbocycles. The molecule has 188 valence electrons. The molecule has 37 heavy (non-hydrogen) atoms. The smallest absolute Gasteiger partial charge is 0.342 e. The van der Waals surface area contributed by atoms with Crippen LogP contribution in [0.15, 0.2) is 81.3 Å². The number of carbonyl (C=O) groups is 1. The van der Waals surface area contributed by atoms with Gasteiger partial charge in [0.25, 0.3) is 16.8 Å². The molecule has 12 heteroatoms. The first-order valence-corrected chi connectivity index (χ1v) is 11.8. The standard InChI is InChI=1S/C25H18ClN3O7S/c1-34-21-10-7-17(26)13-20(21)23-27-28-25(36-23)37-22(24(30)31)12-16-3-2-4-19(11-16)35-14-15-5-8-18(9-6-15)29(32)33/h2-13H,14H2,1H3,(H,30,31)/b22-12-. The molecule has 10 nitrogen and oxygen atoms in total. The van der Waals surface area contributed by atoms with Crippen LogP contribution in [0.3, 0.4) is 0 Å². The van der Waals surface area contributed by atoms with Gasteiger partial charge in [0.2, 0.25) is 0 Å². The lowest BCUT2D eigenvalue weighted by Crippen LogP contribution is -1.98. The van der Waals surface area contributed by atoms with E-state index in [1.54, 1.807) is 54.6 Å². The van der Waals surface area contributed by atoms with Crippen LogP contribution in [0.1, 0.15) is 11.1 Å². The van der Waals surface area contributed by atoms with Crippen LogP contribution in [0, 0.1) is 10.1 Å². The van der Waals surface area contributed by atoms with Crippen molar-refractivity contribution in [2.24, 2.45) is 0 Å². The Labute approximate surface area is 219 Å². The van der Waals surface area contributed by atoms with Gasteiger partial charge in [-0.2, -0.15) is 0 Å². The molecule has 0 spiro atoms. The summed E-state index contributed by atoms with van der Waals surface area (Å²) in [4.78, 5) is 22.2. The number of aliphatic carboxylic acids is 1. The van der Waals surface area contributed by atoms with Crippen LogP contribution >= 0.6 is 23.4 Å². The number of thioether (sulfide) groups is 1. The van der Waals surface area contributed by atoms with Crippen molar-refractivity contribution >= 4 is 41.1 Å². The number of benzene rings is 3. The zero-order valence-corrected chi connectivity index (χ0v) is 20.7. The maximum absolute atomic E-state index is 11.9. The number of hydrogen-bond donors (Lipinski definition) is 1. The Morgan fingerprint density at radius 3 is 2.65 bits per heavy atom. The molecule has 1 N–H and O–H groups in total. The molecule has 0 amide bonds. The molecule has 1 aromatic heterocycles. The number of ether oxygens (including phenoxy) is 2. The van der Waals surface area contributed by atoms with Crippen molar-refractivity contribution in [3.63, 3.8) is 0 Å². The van der Waals surface area contributed by atoms with E-state index in [-0.39, 0.29) is 28.3 Å². The maximum atomic E-state index is 11.9. The van der Waals surface area contributed by atoms with Gasteiger partial charge in [0.15, 0.2) is 0 Å². The van der Waals surface area contributed by atoms with Gasteiger partial charge in [-0.3, -0.25) is 10.1 Å². The molecule has 4 aromatic rings. The number of halogens is 1. The lowest BCUT2D eigenvalue weighted by Gasteiger charge is -2.07. The predicted molar refractivity (Wildman–Crippen MR) is 137 cm³/mol. The Bertz CT molecular complexity index is 1470. The number of methoxy groups -OCH3 is 1. The molecule has 0 radical (unpaired) electrons. The number of nitrogens with zero attached hydrogens (tertiary/aromatic N) is 3. The SMILES string of the molecule is COc1ccc(Cl)cc1-c1nnc(S/C(=C\c2cccc(OCc3ccc([N+](=O)[O-])cc3)c2)C(=O)O)o1. The highest BCUT2D eigenvalue weighted by atomic mass is 35.5. The molecular formula is C25H18ClN3O7S. The van der Waals surface area contributed by atoms with E-state index in [9.17, 15) is 20.0 Å². The highest BCUT2D eigenvalue weighted by Crippen LogP contribution is 2.35. The van der Waals surface area contributed by atoms with Crippen molar-refractivity contribution in [1.29, 1.82) is 0 Å². The Morgan fingerprint density at radius 1 is 1.16 bits per heavy atom. The molecule has 0 unspecified atom stereocenters. The summed E-state index contributed by atoms with van der Waals surface area (Å²) in [7, 11) is 1.49. The van der Waals surface area contributed by atoms with E-state index >= 15 is 0 Å². The van der Waals surface area contributed by atoms with Crippen molar-refractivity contribution in [2.75, 3.05) is 7.11 Å². The van der Waals surface area contributed by atoms with Crippen LogP contribution in [0.2, 0.25) is 5.02 Å². The molecule has 4 rings (SSSR count). The summed E-state index contributed by atoms with van der Waals surface area (Å²) in [5, 5.41) is 28.9. The normalized spacial score (nSPS) is 11.2. The molecule has 3 aromatic carbocycles. The van der Waals surface area contributed by atoms with Crippen molar-refractivity contribution in [2.45, 2.75) is 11.8 Å². The quantitative estimate of drug-likeness (QED) is 0.109. The molecule has 0 bridgehead atoms. The number of non-ortho nitro benzene ring substituents is 1. The minimum atomic E-state index is -1.18. The van der Waals surface area contributed by atoms with E-state index in [1.165, 1.54) is 25.3 Å². The molecule has 0 fully saturated rings. The third-order valence-electron chi connectivity index (χ3n) is 4.91. The Balaban J connectivity index is 1.49. The summed E-state index contributed by atoms with van der Waals surface area (Å²) in [6, 6.07) is 17.8. The average molecular weight is 540 g/mol. The van der Waals surface area contributed by atoms with E-state index in [4.69, 9.17) is 25.5 Å². The fourth-order valence-corrected chi connectivity index (χ4v) is 4.01. The Morgan fingerprint density at radius 2 is 1.95 bits per heavy atom. The van der Waals surface area contributed by atoms with Gasteiger partial charge in [-0.05, 0) is 71.4 Å². The summed E-state index contributed by atoms with van der Waals surface area (Å²) in [6.07, 6.45) is 1.45. The second-order valence-corrected chi connectivity index (χ2v) is 8.85. The van der Waals surface area contributed by atoms with Crippen LogP contribution in [0.4, 0.5) is 5.69 Å². The molecule has 0 saturated heterocycles. The predicted octanol–water partition coefficient (Wildman–Crippen LogP) is 6.10. The highest BCUT2D eigenvalue weighted by Gasteiger charge is 2.18. The van der Waals surface area contributed by atoms with Gasteiger partial charge in [0, 0.05) is 17.2 Å². The minimum Gasteiger partial charge on any atom is -0.496 e. The largest absolute Gasteiger partial charge is 0.496 e. The zero-order valence-electron chi connectivity index (χ0n) is 19.2. The van der Waals surface area contributed by atoms with Crippen molar-refractivity contribution in [3.05, 3.63) is 97.9 Å². The van der Waals surface area contributed by atoms with Crippen LogP contribution in [-0.4, -0.2) is 33.3 Å². The summed E-state index contributed by atoms with van der Waals surface area (Å²) in [5.74, 6) is -0.0744. The topological polar surface area (TPSA) is 138 Å². The van der Waals surface area contributed by atoms with Gasteiger partial charge in [-0.25, -0.2) is 4.79 Å². The highest BCUT2D eigenvalue weighted by molar-refractivity contribution is 8.03. The third kappa shape index (κ3) is 6.66. The number of carboxylic acid groups (broad SMARTS) is 1. The van der Waals surface area contributed by atoms with Gasteiger partial charge in [-0.1, -0.05) is 23.7 Å². The van der Waals surface area contributed by atoms with E-state index in [2.05, 4.69) is 10.2 Å². The van der Waals surface area contributed by atoms with Gasteiger partial charge >= 0.3 is 5.97 Å². The molecular weight excluding hydrogens is 522 g/mol. The summed E-state index contributed by atoms with van der Waals surface area (Å²) < 4.78 is 16.7. The lowest BCUT2D eigenvalue weighted by atomic mass is 10.2. The second-order valence-electron chi connectivity index (χ2n) is 7.42. The molecule has 0 saturated carbocycles. The second kappa shape index (κ2) is 11.6.